The summed E-state index contributed by atoms with van der Waals surface area (Å²) in [6, 6.07) is 0.729. The van der Waals surface area contributed by atoms with Crippen LogP contribution in [0.1, 0.15) is 5.56 Å². The first kappa shape index (κ1) is 15.4. The smallest absolute Gasteiger partial charge is 0.319 e. The topological polar surface area (TPSA) is 104 Å². The molecule has 0 aliphatic rings. The van der Waals surface area contributed by atoms with Gasteiger partial charge in [0.25, 0.3) is 13.6 Å². The van der Waals surface area contributed by atoms with Crippen molar-refractivity contribution < 1.29 is 41.7 Å². The third-order valence-corrected chi connectivity index (χ3v) is 3.51. The number of benzene rings is 1. The van der Waals surface area contributed by atoms with Gasteiger partial charge in [0, 0.05) is 0 Å². The predicted octanol–water partition coefficient (Wildman–Crippen LogP) is 1.07. The summed E-state index contributed by atoms with van der Waals surface area (Å²) in [7, 11) is -8.30. The molecule has 0 spiro atoms. The highest BCUT2D eigenvalue weighted by Crippen LogP contribution is 2.49. The third kappa shape index (κ3) is 2.83. The fraction of sp³-hybridized carbons (Fsp3) is 0.143. The molecule has 3 atom stereocenters. The lowest BCUT2D eigenvalue weighted by Gasteiger charge is -2.24. The van der Waals surface area contributed by atoms with Gasteiger partial charge in [0.05, 0.1) is 5.56 Å². The summed E-state index contributed by atoms with van der Waals surface area (Å²) < 4.78 is 64.6. The molecule has 0 fully saturated rings. The summed E-state index contributed by atoms with van der Waals surface area (Å²) in [5.74, 6) is -5.23. The van der Waals surface area contributed by atoms with Crippen LogP contribution >= 0.6 is 16.3 Å². The van der Waals surface area contributed by atoms with Gasteiger partial charge < -0.3 is 14.9 Å². The average Bonchev–Trinajstić information content (AvgIpc) is 2.22. The zero-order valence-electron chi connectivity index (χ0n) is 8.35. The van der Waals surface area contributed by atoms with Crippen LogP contribution in [0.15, 0.2) is 12.1 Å². The molecular formula is C7H7F3O6P2. The number of hydrogen-bond acceptors (Lipinski definition) is 4. The molecule has 0 amide bonds. The second-order valence-electron chi connectivity index (χ2n) is 3.04. The Hall–Kier alpha value is -0.690. The molecule has 18 heavy (non-hydrogen) atoms. The van der Waals surface area contributed by atoms with Crippen LogP contribution in [-0.2, 0) is 19.2 Å². The maximum Gasteiger partial charge on any atom is 0.319 e. The Balaban J connectivity index is 3.53. The monoisotopic (exact) mass is 306 g/mol. The first-order valence-corrected chi connectivity index (χ1v) is 6.83. The summed E-state index contributed by atoms with van der Waals surface area (Å²) in [5.41, 5.74) is -5.26. The molecule has 1 rings (SSSR count). The highest BCUT2D eigenvalue weighted by atomic mass is 31.1. The molecule has 1 aromatic carbocycles. The molecule has 0 bridgehead atoms. The lowest BCUT2D eigenvalue weighted by molar-refractivity contribution is -0.0793. The quantitative estimate of drug-likeness (QED) is 0.437. The van der Waals surface area contributed by atoms with Crippen molar-refractivity contribution in [2.75, 3.05) is 0 Å². The Bertz CT molecular complexity index is 524. The van der Waals surface area contributed by atoms with E-state index in [1.807, 2.05) is 0 Å². The van der Waals surface area contributed by atoms with E-state index in [9.17, 15) is 27.4 Å². The zero-order valence-corrected chi connectivity index (χ0v) is 10.4. The average molecular weight is 306 g/mol. The molecule has 0 aliphatic heterocycles. The fourth-order valence-corrected chi connectivity index (χ4v) is 2.57. The van der Waals surface area contributed by atoms with E-state index in [4.69, 9.17) is 9.79 Å². The summed E-state index contributed by atoms with van der Waals surface area (Å²) in [5, 5.41) is 9.50. The van der Waals surface area contributed by atoms with Crippen LogP contribution in [0.25, 0.3) is 0 Å². The van der Waals surface area contributed by atoms with Gasteiger partial charge in [-0.25, -0.2) is 13.2 Å². The Kier molecular flexibility index (Phi) is 4.72. The van der Waals surface area contributed by atoms with Gasteiger partial charge in [-0.3, -0.25) is 13.7 Å². The SMILES string of the molecule is O=[PH](O)OC(O)(c1c(F)ccc(F)c1F)[PH](=O)O. The van der Waals surface area contributed by atoms with E-state index in [2.05, 4.69) is 4.52 Å². The Morgan fingerprint density at radius 2 is 1.61 bits per heavy atom. The normalized spacial score (nSPS) is 18.1. The van der Waals surface area contributed by atoms with Gasteiger partial charge in [-0.15, -0.1) is 0 Å². The van der Waals surface area contributed by atoms with E-state index in [-0.39, 0.29) is 0 Å². The molecular weight excluding hydrogens is 299 g/mol. The molecule has 0 aromatic heterocycles. The Morgan fingerprint density at radius 3 is 2.06 bits per heavy atom. The van der Waals surface area contributed by atoms with Crippen molar-refractivity contribution >= 4 is 16.3 Å². The van der Waals surface area contributed by atoms with E-state index in [1.165, 1.54) is 0 Å². The maximum atomic E-state index is 13.3. The Labute approximate surface area is 99.5 Å². The van der Waals surface area contributed by atoms with Crippen molar-refractivity contribution in [1.29, 1.82) is 0 Å². The van der Waals surface area contributed by atoms with Gasteiger partial charge in [0.2, 0.25) is 0 Å². The molecule has 0 heterocycles. The van der Waals surface area contributed by atoms with E-state index < -0.39 is 44.8 Å². The van der Waals surface area contributed by atoms with Crippen LogP contribution < -0.4 is 0 Å². The lowest BCUT2D eigenvalue weighted by Crippen LogP contribution is -2.26. The summed E-state index contributed by atoms with van der Waals surface area (Å²) >= 11 is 0. The molecule has 102 valence electrons. The van der Waals surface area contributed by atoms with Crippen LogP contribution in [0.4, 0.5) is 13.2 Å². The molecule has 6 nitrogen and oxygen atoms in total. The van der Waals surface area contributed by atoms with E-state index in [1.54, 1.807) is 0 Å². The minimum absolute atomic E-state index is 0.363. The Morgan fingerprint density at radius 1 is 1.11 bits per heavy atom. The molecule has 1 aromatic rings. The summed E-state index contributed by atoms with van der Waals surface area (Å²) in [6.07, 6.45) is 0. The number of rotatable bonds is 4. The highest BCUT2D eigenvalue weighted by molar-refractivity contribution is 7.40. The van der Waals surface area contributed by atoms with Crippen molar-refractivity contribution in [1.82, 2.24) is 0 Å². The van der Waals surface area contributed by atoms with E-state index in [0.29, 0.717) is 12.1 Å². The van der Waals surface area contributed by atoms with Gasteiger partial charge in [0.1, 0.15) is 5.82 Å². The second-order valence-corrected chi connectivity index (χ2v) is 5.06. The molecule has 3 unspecified atom stereocenters. The van der Waals surface area contributed by atoms with Crippen LogP contribution in [0, 0.1) is 17.5 Å². The van der Waals surface area contributed by atoms with Gasteiger partial charge in [-0.2, -0.15) is 0 Å². The van der Waals surface area contributed by atoms with Gasteiger partial charge in [-0.1, -0.05) is 0 Å². The first-order valence-electron chi connectivity index (χ1n) is 4.21. The van der Waals surface area contributed by atoms with Crippen molar-refractivity contribution in [3.8, 4) is 0 Å². The highest BCUT2D eigenvalue weighted by Gasteiger charge is 2.44. The van der Waals surface area contributed by atoms with Gasteiger partial charge in [-0.05, 0) is 12.1 Å². The largest absolute Gasteiger partial charge is 0.354 e. The van der Waals surface area contributed by atoms with Gasteiger partial charge in [0.15, 0.2) is 11.6 Å². The van der Waals surface area contributed by atoms with Gasteiger partial charge >= 0.3 is 8.25 Å². The number of hydrogen-bond donors (Lipinski definition) is 3. The number of aliphatic hydroxyl groups is 1. The van der Waals surface area contributed by atoms with Crippen LogP contribution in [0.2, 0.25) is 0 Å². The molecule has 3 N–H and O–H groups in total. The zero-order chi connectivity index (χ0) is 14.1. The lowest BCUT2D eigenvalue weighted by atomic mass is 10.2. The van der Waals surface area contributed by atoms with E-state index >= 15 is 0 Å². The van der Waals surface area contributed by atoms with Crippen LogP contribution in [0.5, 0.6) is 0 Å². The van der Waals surface area contributed by atoms with Crippen LogP contribution in [-0.4, -0.2) is 14.9 Å². The van der Waals surface area contributed by atoms with Crippen molar-refractivity contribution in [2.24, 2.45) is 0 Å². The van der Waals surface area contributed by atoms with E-state index in [0.717, 1.165) is 0 Å². The number of halogens is 3. The van der Waals surface area contributed by atoms with Crippen molar-refractivity contribution in [3.05, 3.63) is 35.1 Å². The minimum Gasteiger partial charge on any atom is -0.354 e. The maximum absolute atomic E-state index is 13.3. The van der Waals surface area contributed by atoms with Crippen molar-refractivity contribution in [2.45, 2.75) is 5.53 Å². The van der Waals surface area contributed by atoms with Crippen LogP contribution in [0.3, 0.4) is 0 Å². The fourth-order valence-electron chi connectivity index (χ4n) is 1.17. The summed E-state index contributed by atoms with van der Waals surface area (Å²) in [4.78, 5) is 17.2. The first-order chi connectivity index (χ1) is 8.20. The minimum atomic E-state index is -4.28. The third-order valence-electron chi connectivity index (χ3n) is 1.91. The second kappa shape index (κ2) is 5.52. The summed E-state index contributed by atoms with van der Waals surface area (Å²) in [6.45, 7) is 0. The predicted molar refractivity (Wildman–Crippen MR) is 53.7 cm³/mol. The molecule has 0 saturated heterocycles. The van der Waals surface area contributed by atoms with Crippen molar-refractivity contribution in [3.63, 3.8) is 0 Å². The molecule has 0 aliphatic carbocycles. The molecule has 0 radical (unpaired) electrons. The standard InChI is InChI=1S/C7H7F3O6P2/c8-3-1-2-4(9)6(10)5(3)7(11,17(12)13)16-18(14)15/h1-2,11,17-18H,(H,12,13)(H,14,15). The molecule has 11 heteroatoms. The molecule has 0 saturated carbocycles.